The number of aromatic nitrogens is 4. The van der Waals surface area contributed by atoms with E-state index in [0.29, 0.717) is 43.6 Å². The van der Waals surface area contributed by atoms with Gasteiger partial charge in [0.2, 0.25) is 0 Å². The topological polar surface area (TPSA) is 108 Å². The Morgan fingerprint density at radius 3 is 1.79 bits per heavy atom. The third kappa shape index (κ3) is 7.04. The molecule has 4 aromatic heterocycles. The van der Waals surface area contributed by atoms with Gasteiger partial charge in [-0.05, 0) is 91.3 Å². The molecular weight excluding hydrogens is 737 g/mol. The average Bonchev–Trinajstić information content (AvgIpc) is 3.62. The molecule has 4 heterocycles. The summed E-state index contributed by atoms with van der Waals surface area (Å²) in [6.45, 7) is 3.72. The molecule has 0 aliphatic rings. The maximum absolute atomic E-state index is 14.0. The summed E-state index contributed by atoms with van der Waals surface area (Å²) in [4.78, 5) is 35.9. The van der Waals surface area contributed by atoms with Crippen LogP contribution in [-0.2, 0) is 0 Å². The minimum atomic E-state index is -0.423. The second kappa shape index (κ2) is 14.9. The first-order chi connectivity index (χ1) is 25.5. The Morgan fingerprint density at radius 1 is 0.717 bits per heavy atom. The fraction of sp³-hybridized carbons (Fsp3) is 0.100. The van der Waals surface area contributed by atoms with Crippen LogP contribution in [0.2, 0.25) is 10.0 Å². The van der Waals surface area contributed by atoms with E-state index in [1.165, 1.54) is 44.7 Å². The molecule has 13 heteroatoms. The number of thiazole rings is 1. The van der Waals surface area contributed by atoms with E-state index in [1.807, 2.05) is 37.3 Å². The Morgan fingerprint density at radius 2 is 1.25 bits per heavy atom. The van der Waals surface area contributed by atoms with E-state index in [1.54, 1.807) is 67.2 Å². The lowest BCUT2D eigenvalue weighted by molar-refractivity contribution is 0.624. The number of nitrogens with zero attached hydrogens (tertiary/aromatic N) is 4. The summed E-state index contributed by atoms with van der Waals surface area (Å²) >= 11 is 14.0. The molecule has 0 unspecified atom stereocenters. The van der Waals surface area contributed by atoms with E-state index in [2.05, 4.69) is 15.3 Å². The number of pyridine rings is 3. The molecule has 0 saturated carbocycles. The molecule has 3 N–H and O–H groups in total. The standard InChI is InChI=1S/C23H16ClFN4OS.C17H14ClFN2O/c1-13(28-18-8-9-26-22-21(18)27-12-31-22)19-10-14-4-2-7-17(24)20(14)23(30)29(19)16-6-3-5-15(25)11-16;1-10(20)15-8-11-4-2-7-14(18)16(11)17(22)21(15)13-6-3-5-12(19)9-13/h2-13H,1H3,(H,26,28);2-10H,20H2,1H3/t13-;10-/m00/s1. The van der Waals surface area contributed by atoms with Crippen molar-refractivity contribution in [3.05, 3.63) is 169 Å². The zero-order valence-electron chi connectivity index (χ0n) is 28.2. The smallest absolute Gasteiger partial charge is 0.264 e. The Labute approximate surface area is 315 Å². The van der Waals surface area contributed by atoms with E-state index in [-0.39, 0.29) is 23.2 Å². The summed E-state index contributed by atoms with van der Waals surface area (Å²) in [6, 6.07) is 27.3. The highest BCUT2D eigenvalue weighted by Gasteiger charge is 2.20. The number of benzene rings is 4. The molecule has 2 atom stereocenters. The van der Waals surface area contributed by atoms with Crippen molar-refractivity contribution < 1.29 is 8.78 Å². The van der Waals surface area contributed by atoms with Gasteiger partial charge in [-0.25, -0.2) is 18.7 Å². The first-order valence-corrected chi connectivity index (χ1v) is 18.1. The van der Waals surface area contributed by atoms with Gasteiger partial charge < -0.3 is 11.1 Å². The van der Waals surface area contributed by atoms with Gasteiger partial charge in [0, 0.05) is 23.6 Å². The van der Waals surface area contributed by atoms with Crippen molar-refractivity contribution in [2.24, 2.45) is 5.73 Å². The van der Waals surface area contributed by atoms with Crippen molar-refractivity contribution in [1.82, 2.24) is 19.1 Å². The van der Waals surface area contributed by atoms with Crippen molar-refractivity contribution in [3.8, 4) is 11.4 Å². The van der Waals surface area contributed by atoms with Crippen LogP contribution in [0.1, 0.15) is 37.3 Å². The molecular formula is C40H30Cl2F2N6O2S. The number of anilines is 1. The number of fused-ring (bicyclic) bond motifs is 3. The summed E-state index contributed by atoms with van der Waals surface area (Å²) in [6.07, 6.45) is 1.72. The Balaban J connectivity index is 0.000000174. The van der Waals surface area contributed by atoms with Crippen molar-refractivity contribution in [3.63, 3.8) is 0 Å². The molecule has 4 aromatic carbocycles. The largest absolute Gasteiger partial charge is 0.375 e. The van der Waals surface area contributed by atoms with Crippen molar-refractivity contribution >= 4 is 72.1 Å². The number of rotatable bonds is 6. The lowest BCUT2D eigenvalue weighted by Crippen LogP contribution is -2.25. The molecule has 8 nitrogen and oxygen atoms in total. The molecule has 0 amide bonds. The highest BCUT2D eigenvalue weighted by molar-refractivity contribution is 7.16. The molecule has 8 aromatic rings. The zero-order chi connectivity index (χ0) is 37.4. The average molecular weight is 768 g/mol. The molecule has 8 rings (SSSR count). The summed E-state index contributed by atoms with van der Waals surface area (Å²) in [5, 5.41) is 6.40. The lowest BCUT2D eigenvalue weighted by atomic mass is 10.1. The third-order valence-electron chi connectivity index (χ3n) is 8.70. The van der Waals surface area contributed by atoms with Crippen LogP contribution in [0.3, 0.4) is 0 Å². The number of nitrogens with two attached hydrogens (primary N) is 1. The molecule has 0 aliphatic heterocycles. The van der Waals surface area contributed by atoms with Crippen LogP contribution in [0.4, 0.5) is 14.5 Å². The van der Waals surface area contributed by atoms with Crippen LogP contribution in [0, 0.1) is 11.6 Å². The van der Waals surface area contributed by atoms with Crippen molar-refractivity contribution in [1.29, 1.82) is 0 Å². The van der Waals surface area contributed by atoms with Gasteiger partial charge in [0.25, 0.3) is 11.1 Å². The first-order valence-electron chi connectivity index (χ1n) is 16.4. The summed E-state index contributed by atoms with van der Waals surface area (Å²) in [5.74, 6) is -0.840. The minimum Gasteiger partial charge on any atom is -0.375 e. The Kier molecular flexibility index (Phi) is 10.1. The molecule has 0 fully saturated rings. The number of hydrogen-bond donors (Lipinski definition) is 2. The Hall–Kier alpha value is -5.46. The molecule has 266 valence electrons. The van der Waals surface area contributed by atoms with E-state index in [0.717, 1.165) is 26.8 Å². The van der Waals surface area contributed by atoms with Gasteiger partial charge >= 0.3 is 0 Å². The normalized spacial score (nSPS) is 12.4. The van der Waals surface area contributed by atoms with Gasteiger partial charge in [-0.15, -0.1) is 11.3 Å². The second-order valence-electron chi connectivity index (χ2n) is 12.3. The molecule has 0 bridgehead atoms. The summed E-state index contributed by atoms with van der Waals surface area (Å²) < 4.78 is 30.5. The predicted octanol–water partition coefficient (Wildman–Crippen LogP) is 9.76. The van der Waals surface area contributed by atoms with Crippen LogP contribution in [0.5, 0.6) is 0 Å². The first kappa shape index (κ1) is 35.9. The predicted molar refractivity (Wildman–Crippen MR) is 211 cm³/mol. The van der Waals surface area contributed by atoms with Crippen molar-refractivity contribution in [2.45, 2.75) is 25.9 Å². The van der Waals surface area contributed by atoms with Gasteiger partial charge in [-0.3, -0.25) is 18.7 Å². The number of nitrogens with one attached hydrogen (secondary N) is 1. The maximum Gasteiger partial charge on any atom is 0.264 e. The molecule has 0 spiro atoms. The number of hydrogen-bond acceptors (Lipinski definition) is 7. The second-order valence-corrected chi connectivity index (χ2v) is 14.0. The molecule has 0 aliphatic carbocycles. The van der Waals surface area contributed by atoms with Crippen LogP contribution in [-0.4, -0.2) is 19.1 Å². The molecule has 0 saturated heterocycles. The van der Waals surface area contributed by atoms with E-state index in [9.17, 15) is 18.4 Å². The summed E-state index contributed by atoms with van der Waals surface area (Å²) in [7, 11) is 0. The SMILES string of the molecule is C[C@H](N)c1cc2cccc(Cl)c2c(=O)n1-c1cccc(F)c1.C[C@H](Nc1ccnc2scnc12)c1cc2cccc(Cl)c2c(=O)n1-c1cccc(F)c1. The van der Waals surface area contributed by atoms with Gasteiger partial charge in [-0.1, -0.05) is 59.6 Å². The quantitative estimate of drug-likeness (QED) is 0.175. The van der Waals surface area contributed by atoms with Crippen LogP contribution in [0.25, 0.3) is 43.3 Å². The van der Waals surface area contributed by atoms with Crippen LogP contribution in [0.15, 0.2) is 124 Å². The van der Waals surface area contributed by atoms with Crippen LogP contribution < -0.4 is 22.2 Å². The molecule has 53 heavy (non-hydrogen) atoms. The molecule has 0 radical (unpaired) electrons. The van der Waals surface area contributed by atoms with Crippen molar-refractivity contribution in [2.75, 3.05) is 5.32 Å². The monoisotopic (exact) mass is 766 g/mol. The van der Waals surface area contributed by atoms with Gasteiger partial charge in [-0.2, -0.15) is 0 Å². The fourth-order valence-electron chi connectivity index (χ4n) is 6.29. The zero-order valence-corrected chi connectivity index (χ0v) is 30.6. The van der Waals surface area contributed by atoms with E-state index < -0.39 is 11.6 Å². The highest BCUT2D eigenvalue weighted by Crippen LogP contribution is 2.30. The number of halogens is 4. The highest BCUT2D eigenvalue weighted by atomic mass is 35.5. The van der Waals surface area contributed by atoms with E-state index in [4.69, 9.17) is 28.9 Å². The third-order valence-corrected chi connectivity index (χ3v) is 10.1. The van der Waals surface area contributed by atoms with Gasteiger partial charge in [0.1, 0.15) is 22.0 Å². The Bertz CT molecular complexity index is 2780. The van der Waals surface area contributed by atoms with Gasteiger partial charge in [0.05, 0.1) is 49.4 Å². The van der Waals surface area contributed by atoms with E-state index >= 15 is 0 Å². The van der Waals surface area contributed by atoms with Gasteiger partial charge in [0.15, 0.2) is 0 Å². The summed E-state index contributed by atoms with van der Waals surface area (Å²) in [5.41, 5.74) is 10.9. The lowest BCUT2D eigenvalue weighted by Gasteiger charge is -2.22. The maximum atomic E-state index is 14.0. The van der Waals surface area contributed by atoms with Crippen LogP contribution >= 0.6 is 34.5 Å². The fourth-order valence-corrected chi connectivity index (χ4v) is 7.47. The minimum absolute atomic E-state index is 0.299.